The lowest BCUT2D eigenvalue weighted by Gasteiger charge is -2.12. The molecule has 1 aromatic carbocycles. The van der Waals surface area contributed by atoms with Gasteiger partial charge in [-0.05, 0) is 30.7 Å². The number of rotatable bonds is 6. The summed E-state index contributed by atoms with van der Waals surface area (Å²) < 4.78 is 60.5. The molecule has 0 aliphatic heterocycles. The van der Waals surface area contributed by atoms with E-state index in [1.807, 2.05) is 0 Å². The van der Waals surface area contributed by atoms with Gasteiger partial charge < -0.3 is 10.6 Å². The second kappa shape index (κ2) is 8.33. The topological polar surface area (TPSA) is 114 Å². The number of sulfonamides is 1. The van der Waals surface area contributed by atoms with Gasteiger partial charge in [-0.25, -0.2) is 18.5 Å². The van der Waals surface area contributed by atoms with Crippen molar-refractivity contribution in [2.45, 2.75) is 18.0 Å². The molecule has 0 atom stereocenters. The molecule has 0 spiro atoms. The van der Waals surface area contributed by atoms with E-state index in [2.05, 4.69) is 15.6 Å². The van der Waals surface area contributed by atoms with Crippen molar-refractivity contribution >= 4 is 33.3 Å². The number of primary sulfonamides is 1. The molecule has 0 radical (unpaired) electrons. The van der Waals surface area contributed by atoms with Crippen LogP contribution in [0.15, 0.2) is 35.4 Å². The predicted octanol–water partition coefficient (Wildman–Crippen LogP) is 2.55. The van der Waals surface area contributed by atoms with Crippen molar-refractivity contribution in [2.24, 2.45) is 5.14 Å². The number of pyridine rings is 1. The van der Waals surface area contributed by atoms with Crippen molar-refractivity contribution in [3.8, 4) is 0 Å². The number of aryl methyl sites for hydroxylation is 1. The summed E-state index contributed by atoms with van der Waals surface area (Å²) in [5.41, 5.74) is -0.288. The summed E-state index contributed by atoms with van der Waals surface area (Å²) in [7, 11) is -3.95. The highest BCUT2D eigenvalue weighted by Crippen LogP contribution is 2.32. The van der Waals surface area contributed by atoms with E-state index in [9.17, 15) is 26.4 Å². The maximum Gasteiger partial charge on any atom is 0.417 e. The Bertz CT molecular complexity index is 997. The van der Waals surface area contributed by atoms with E-state index in [1.54, 1.807) is 6.92 Å². The molecular formula is C16H16ClF3N4O3S. The molecule has 0 unspecified atom stereocenters. The summed E-state index contributed by atoms with van der Waals surface area (Å²) in [5, 5.41) is 10.1. The average molecular weight is 437 g/mol. The Balaban J connectivity index is 1.97. The number of nitrogens with one attached hydrogen (secondary N) is 2. The van der Waals surface area contributed by atoms with Crippen molar-refractivity contribution in [1.29, 1.82) is 0 Å². The van der Waals surface area contributed by atoms with Gasteiger partial charge in [0.25, 0.3) is 5.91 Å². The van der Waals surface area contributed by atoms with Crippen LogP contribution in [-0.4, -0.2) is 32.4 Å². The number of hydrogen-bond donors (Lipinski definition) is 3. The molecule has 4 N–H and O–H groups in total. The number of anilines is 1. The van der Waals surface area contributed by atoms with Crippen LogP contribution >= 0.6 is 11.6 Å². The fourth-order valence-corrected chi connectivity index (χ4v) is 2.97. The van der Waals surface area contributed by atoms with Gasteiger partial charge in [0.2, 0.25) is 10.0 Å². The van der Waals surface area contributed by atoms with Gasteiger partial charge in [-0.3, -0.25) is 4.79 Å². The lowest BCUT2D eigenvalue weighted by atomic mass is 10.1. The summed E-state index contributed by atoms with van der Waals surface area (Å²) in [6.07, 6.45) is -3.90. The standard InChI is InChI=1S/C16H16ClF3N4O3S/c1-9-2-3-11(28(21,26)27)7-12(9)15(25)23-5-4-22-14-13(17)6-10(8-24-14)16(18,19)20/h2-3,6-8H,4-5H2,1H3,(H,22,24)(H,23,25)(H2,21,26,27). The van der Waals surface area contributed by atoms with Crippen molar-refractivity contribution < 1.29 is 26.4 Å². The fraction of sp³-hybridized carbons (Fsp3) is 0.250. The van der Waals surface area contributed by atoms with Crippen LogP contribution in [0.4, 0.5) is 19.0 Å². The van der Waals surface area contributed by atoms with Gasteiger partial charge in [-0.1, -0.05) is 17.7 Å². The molecule has 2 rings (SSSR count). The Morgan fingerprint density at radius 3 is 2.50 bits per heavy atom. The number of alkyl halides is 3. The molecule has 0 aliphatic carbocycles. The van der Waals surface area contributed by atoms with E-state index < -0.39 is 27.7 Å². The van der Waals surface area contributed by atoms with Gasteiger partial charge in [0.15, 0.2) is 0 Å². The fourth-order valence-electron chi connectivity index (χ4n) is 2.20. The lowest BCUT2D eigenvalue weighted by Crippen LogP contribution is -2.29. The molecule has 1 aromatic heterocycles. The number of nitrogens with two attached hydrogens (primary N) is 1. The molecule has 2 aromatic rings. The zero-order chi connectivity index (χ0) is 21.1. The first-order chi connectivity index (χ1) is 12.9. The Hall–Kier alpha value is -2.37. The molecular weight excluding hydrogens is 421 g/mol. The number of aromatic nitrogens is 1. The zero-order valence-electron chi connectivity index (χ0n) is 14.5. The summed E-state index contributed by atoms with van der Waals surface area (Å²) >= 11 is 5.77. The first-order valence-electron chi connectivity index (χ1n) is 7.78. The number of benzene rings is 1. The minimum Gasteiger partial charge on any atom is -0.367 e. The highest BCUT2D eigenvalue weighted by Gasteiger charge is 2.31. The van der Waals surface area contributed by atoms with E-state index in [1.165, 1.54) is 18.2 Å². The zero-order valence-corrected chi connectivity index (χ0v) is 16.0. The van der Waals surface area contributed by atoms with Gasteiger partial charge in [-0.2, -0.15) is 13.2 Å². The first kappa shape index (κ1) is 21.9. The molecule has 0 aliphatic rings. The summed E-state index contributed by atoms with van der Waals surface area (Å²) in [4.78, 5) is 15.7. The lowest BCUT2D eigenvalue weighted by molar-refractivity contribution is -0.137. The number of nitrogens with zero attached hydrogens (tertiary/aromatic N) is 1. The van der Waals surface area contributed by atoms with Crippen LogP contribution in [-0.2, 0) is 16.2 Å². The number of carbonyl (C=O) groups is 1. The highest BCUT2D eigenvalue weighted by molar-refractivity contribution is 7.89. The van der Waals surface area contributed by atoms with Gasteiger partial charge >= 0.3 is 6.18 Å². The molecule has 28 heavy (non-hydrogen) atoms. The summed E-state index contributed by atoms with van der Waals surface area (Å²) in [6.45, 7) is 1.83. The van der Waals surface area contributed by atoms with Crippen LogP contribution in [0.1, 0.15) is 21.5 Å². The van der Waals surface area contributed by atoms with Crippen molar-refractivity contribution in [3.05, 3.63) is 52.2 Å². The third-order valence-corrected chi connectivity index (χ3v) is 4.85. The number of halogens is 4. The molecule has 1 amide bonds. The van der Waals surface area contributed by atoms with Crippen molar-refractivity contribution in [1.82, 2.24) is 10.3 Å². The highest BCUT2D eigenvalue weighted by atomic mass is 35.5. The Labute approximate surface area is 164 Å². The summed E-state index contributed by atoms with van der Waals surface area (Å²) in [6, 6.07) is 4.67. The van der Waals surface area contributed by atoms with Crippen molar-refractivity contribution in [2.75, 3.05) is 18.4 Å². The smallest absolute Gasteiger partial charge is 0.367 e. The Morgan fingerprint density at radius 2 is 1.93 bits per heavy atom. The van der Waals surface area contributed by atoms with Gasteiger partial charge in [0.05, 0.1) is 15.5 Å². The minimum absolute atomic E-state index is 0.0383. The van der Waals surface area contributed by atoms with Crippen LogP contribution in [0.25, 0.3) is 0 Å². The second-order valence-electron chi connectivity index (χ2n) is 5.76. The Morgan fingerprint density at radius 1 is 1.25 bits per heavy atom. The second-order valence-corrected chi connectivity index (χ2v) is 7.73. The maximum absolute atomic E-state index is 12.6. The van der Waals surface area contributed by atoms with Crippen LogP contribution in [0.5, 0.6) is 0 Å². The van der Waals surface area contributed by atoms with E-state index in [4.69, 9.17) is 16.7 Å². The van der Waals surface area contributed by atoms with E-state index >= 15 is 0 Å². The molecule has 12 heteroatoms. The van der Waals surface area contributed by atoms with Gasteiger partial charge in [0, 0.05) is 24.8 Å². The molecule has 7 nitrogen and oxygen atoms in total. The molecule has 0 bridgehead atoms. The number of amides is 1. The third-order valence-electron chi connectivity index (χ3n) is 3.65. The average Bonchev–Trinajstić information content (AvgIpc) is 2.58. The minimum atomic E-state index is -4.55. The number of hydrogen-bond acceptors (Lipinski definition) is 5. The van der Waals surface area contributed by atoms with Crippen LogP contribution in [0.3, 0.4) is 0 Å². The van der Waals surface area contributed by atoms with Crippen LogP contribution < -0.4 is 15.8 Å². The van der Waals surface area contributed by atoms with Crippen LogP contribution in [0, 0.1) is 6.92 Å². The number of carbonyl (C=O) groups excluding carboxylic acids is 1. The predicted molar refractivity (Wildman–Crippen MR) is 97.6 cm³/mol. The normalized spacial score (nSPS) is 11.9. The monoisotopic (exact) mass is 436 g/mol. The molecule has 0 fully saturated rings. The molecule has 152 valence electrons. The van der Waals surface area contributed by atoms with Gasteiger partial charge in [-0.15, -0.1) is 0 Å². The SMILES string of the molecule is Cc1ccc(S(N)(=O)=O)cc1C(=O)NCCNc1ncc(C(F)(F)F)cc1Cl. The van der Waals surface area contributed by atoms with E-state index in [0.717, 1.165) is 6.07 Å². The summed E-state index contributed by atoms with van der Waals surface area (Å²) in [5.74, 6) is -0.493. The Kier molecular flexibility index (Phi) is 6.52. The molecule has 0 saturated carbocycles. The maximum atomic E-state index is 12.6. The third kappa shape index (κ3) is 5.57. The first-order valence-corrected chi connectivity index (χ1v) is 9.70. The van der Waals surface area contributed by atoms with E-state index in [0.29, 0.717) is 11.8 Å². The van der Waals surface area contributed by atoms with Crippen molar-refractivity contribution in [3.63, 3.8) is 0 Å². The molecule has 0 saturated heterocycles. The van der Waals surface area contributed by atoms with Gasteiger partial charge in [0.1, 0.15) is 5.82 Å². The largest absolute Gasteiger partial charge is 0.417 e. The van der Waals surface area contributed by atoms with Crippen LogP contribution in [0.2, 0.25) is 5.02 Å². The van der Waals surface area contributed by atoms with E-state index in [-0.39, 0.29) is 34.4 Å². The molecule has 1 heterocycles. The quantitative estimate of drug-likeness (QED) is 0.602.